The third-order valence-corrected chi connectivity index (χ3v) is 4.34. The first-order chi connectivity index (χ1) is 9.58. The fourth-order valence-corrected chi connectivity index (χ4v) is 3.46. The lowest BCUT2D eigenvalue weighted by Gasteiger charge is -2.11. The highest BCUT2D eigenvalue weighted by atomic mass is 32.1. The number of rotatable bonds is 2. The van der Waals surface area contributed by atoms with Gasteiger partial charge < -0.3 is 21.0 Å². The topological polar surface area (TPSA) is 114 Å². The van der Waals surface area contributed by atoms with Gasteiger partial charge in [-0.15, -0.1) is 11.3 Å². The summed E-state index contributed by atoms with van der Waals surface area (Å²) in [6.45, 7) is 0. The maximum absolute atomic E-state index is 11.9. The molecule has 0 saturated heterocycles. The summed E-state index contributed by atoms with van der Waals surface area (Å²) >= 11 is 1.34. The Labute approximate surface area is 119 Å². The van der Waals surface area contributed by atoms with Crippen LogP contribution in [-0.4, -0.2) is 30.0 Å². The van der Waals surface area contributed by atoms with E-state index in [1.54, 1.807) is 0 Å². The number of thiophene rings is 1. The molecule has 1 aliphatic carbocycles. The second-order valence-electron chi connectivity index (χ2n) is 4.35. The summed E-state index contributed by atoms with van der Waals surface area (Å²) in [5.41, 5.74) is 6.54. The highest BCUT2D eigenvalue weighted by Crippen LogP contribution is 2.38. The highest BCUT2D eigenvalue weighted by molar-refractivity contribution is 7.17. The van der Waals surface area contributed by atoms with Gasteiger partial charge in [-0.05, 0) is 31.2 Å². The number of amides is 1. The van der Waals surface area contributed by atoms with Gasteiger partial charge in [0, 0.05) is 4.88 Å². The first-order valence-corrected chi connectivity index (χ1v) is 6.91. The molecule has 0 saturated carbocycles. The van der Waals surface area contributed by atoms with Crippen LogP contribution in [0.25, 0.3) is 0 Å². The standard InChI is InChI=1S/C12H15N3O4S/c1-19-12(17)8-6-4-2-3-5-7(6)20-11(8)14-10(16)9(13)15-18/h18H,2-5H2,1H3,(H2,13,15)(H,14,16). The van der Waals surface area contributed by atoms with Gasteiger partial charge in [0.2, 0.25) is 5.84 Å². The SMILES string of the molecule is COC(=O)c1c(NC(=O)/C(N)=N\O)sc2c1CCCC2. The van der Waals surface area contributed by atoms with E-state index in [-0.39, 0.29) is 0 Å². The third-order valence-electron chi connectivity index (χ3n) is 3.13. The first kappa shape index (κ1) is 14.3. The largest absolute Gasteiger partial charge is 0.465 e. The molecule has 7 nitrogen and oxygen atoms in total. The number of aryl methyl sites for hydroxylation is 1. The number of carbonyl (C=O) groups excluding carboxylic acids is 2. The number of hydrogen-bond donors (Lipinski definition) is 3. The molecule has 0 unspecified atom stereocenters. The quantitative estimate of drug-likeness (QED) is 0.249. The normalized spacial score (nSPS) is 14.6. The predicted molar refractivity (Wildman–Crippen MR) is 74.3 cm³/mol. The number of fused-ring (bicyclic) bond motifs is 1. The van der Waals surface area contributed by atoms with Crippen molar-refractivity contribution in [1.82, 2.24) is 0 Å². The number of anilines is 1. The van der Waals surface area contributed by atoms with Gasteiger partial charge in [-0.1, -0.05) is 5.16 Å². The number of nitrogens with one attached hydrogen (secondary N) is 1. The lowest BCUT2D eigenvalue weighted by atomic mass is 9.95. The molecule has 20 heavy (non-hydrogen) atoms. The molecule has 0 radical (unpaired) electrons. The number of nitrogens with two attached hydrogens (primary N) is 1. The highest BCUT2D eigenvalue weighted by Gasteiger charge is 2.27. The molecule has 0 fully saturated rings. The van der Waals surface area contributed by atoms with Crippen LogP contribution in [0.5, 0.6) is 0 Å². The molecule has 1 heterocycles. The van der Waals surface area contributed by atoms with E-state index < -0.39 is 17.7 Å². The molecule has 0 bridgehead atoms. The number of carbonyl (C=O) groups is 2. The van der Waals surface area contributed by atoms with Gasteiger partial charge in [0.1, 0.15) is 5.00 Å². The van der Waals surface area contributed by atoms with E-state index in [0.29, 0.717) is 10.6 Å². The Morgan fingerprint density at radius 3 is 2.75 bits per heavy atom. The number of hydrogen-bond acceptors (Lipinski definition) is 6. The summed E-state index contributed by atoms with van der Waals surface area (Å²) in [7, 11) is 1.30. The molecule has 1 aromatic rings. The number of esters is 1. The van der Waals surface area contributed by atoms with Crippen LogP contribution in [-0.2, 0) is 22.4 Å². The Kier molecular flexibility index (Phi) is 4.23. The Balaban J connectivity index is 2.39. The zero-order valence-corrected chi connectivity index (χ0v) is 11.7. The van der Waals surface area contributed by atoms with Crippen molar-refractivity contribution in [3.63, 3.8) is 0 Å². The number of amidine groups is 1. The van der Waals surface area contributed by atoms with Crippen molar-refractivity contribution in [1.29, 1.82) is 0 Å². The summed E-state index contributed by atoms with van der Waals surface area (Å²) in [6, 6.07) is 0. The van der Waals surface area contributed by atoms with Crippen molar-refractivity contribution in [2.45, 2.75) is 25.7 Å². The minimum Gasteiger partial charge on any atom is -0.465 e. The molecular formula is C12H15N3O4S. The Morgan fingerprint density at radius 2 is 2.10 bits per heavy atom. The predicted octanol–water partition coefficient (Wildman–Crippen LogP) is 1.10. The van der Waals surface area contributed by atoms with E-state index >= 15 is 0 Å². The minimum atomic E-state index is -0.753. The van der Waals surface area contributed by atoms with Crippen LogP contribution < -0.4 is 11.1 Å². The monoisotopic (exact) mass is 297 g/mol. The number of methoxy groups -OCH3 is 1. The second-order valence-corrected chi connectivity index (χ2v) is 5.45. The van der Waals surface area contributed by atoms with Crippen LogP contribution in [0.2, 0.25) is 0 Å². The van der Waals surface area contributed by atoms with Crippen LogP contribution in [0.15, 0.2) is 5.16 Å². The summed E-state index contributed by atoms with van der Waals surface area (Å²) in [5, 5.41) is 14.0. The average Bonchev–Trinajstić information content (AvgIpc) is 2.83. The van der Waals surface area contributed by atoms with Crippen molar-refractivity contribution in [3.8, 4) is 0 Å². The van der Waals surface area contributed by atoms with Crippen LogP contribution in [0, 0.1) is 0 Å². The number of nitrogens with zero attached hydrogens (tertiary/aromatic N) is 1. The maximum atomic E-state index is 11.9. The van der Waals surface area contributed by atoms with Crippen LogP contribution >= 0.6 is 11.3 Å². The van der Waals surface area contributed by atoms with E-state index in [4.69, 9.17) is 15.7 Å². The molecule has 0 aromatic carbocycles. The smallest absolute Gasteiger partial charge is 0.341 e. The van der Waals surface area contributed by atoms with Gasteiger partial charge in [-0.3, -0.25) is 4.79 Å². The fourth-order valence-electron chi connectivity index (χ4n) is 2.18. The van der Waals surface area contributed by atoms with Gasteiger partial charge in [0.15, 0.2) is 0 Å². The van der Waals surface area contributed by atoms with Crippen molar-refractivity contribution < 1.29 is 19.5 Å². The van der Waals surface area contributed by atoms with E-state index in [1.165, 1.54) is 18.4 Å². The molecule has 1 amide bonds. The maximum Gasteiger partial charge on any atom is 0.341 e. The lowest BCUT2D eigenvalue weighted by molar-refractivity contribution is -0.110. The molecule has 4 N–H and O–H groups in total. The van der Waals surface area contributed by atoms with Crippen molar-refractivity contribution in [2.24, 2.45) is 10.9 Å². The van der Waals surface area contributed by atoms with Gasteiger partial charge in [0.05, 0.1) is 12.7 Å². The van der Waals surface area contributed by atoms with Gasteiger partial charge >= 0.3 is 5.97 Å². The van der Waals surface area contributed by atoms with Crippen molar-refractivity contribution >= 4 is 34.0 Å². The number of oxime groups is 1. The zero-order valence-electron chi connectivity index (χ0n) is 10.9. The average molecular weight is 297 g/mol. The Hall–Kier alpha value is -2.09. The molecule has 2 rings (SSSR count). The molecule has 1 aromatic heterocycles. The molecule has 8 heteroatoms. The third kappa shape index (κ3) is 2.60. The summed E-state index contributed by atoms with van der Waals surface area (Å²) < 4.78 is 4.78. The summed E-state index contributed by atoms with van der Waals surface area (Å²) in [4.78, 5) is 24.6. The van der Waals surface area contributed by atoms with Gasteiger partial charge in [-0.25, -0.2) is 4.79 Å². The van der Waals surface area contributed by atoms with Crippen LogP contribution in [0.4, 0.5) is 5.00 Å². The number of ether oxygens (including phenoxy) is 1. The lowest BCUT2D eigenvalue weighted by Crippen LogP contribution is -2.30. The fraction of sp³-hybridized carbons (Fsp3) is 0.417. The first-order valence-electron chi connectivity index (χ1n) is 6.10. The molecular weight excluding hydrogens is 282 g/mol. The molecule has 0 atom stereocenters. The van der Waals surface area contributed by atoms with Gasteiger partial charge in [0.25, 0.3) is 5.91 Å². The Morgan fingerprint density at radius 1 is 1.40 bits per heavy atom. The van der Waals surface area contributed by atoms with Crippen LogP contribution in [0.3, 0.4) is 0 Å². The van der Waals surface area contributed by atoms with E-state index in [2.05, 4.69) is 10.5 Å². The van der Waals surface area contributed by atoms with E-state index in [9.17, 15) is 9.59 Å². The second kappa shape index (κ2) is 5.91. The van der Waals surface area contributed by atoms with Gasteiger partial charge in [-0.2, -0.15) is 0 Å². The summed E-state index contributed by atoms with van der Waals surface area (Å²) in [5.74, 6) is -1.80. The van der Waals surface area contributed by atoms with Crippen molar-refractivity contribution in [3.05, 3.63) is 16.0 Å². The zero-order chi connectivity index (χ0) is 14.7. The molecule has 108 valence electrons. The van der Waals surface area contributed by atoms with Crippen molar-refractivity contribution in [2.75, 3.05) is 12.4 Å². The summed E-state index contributed by atoms with van der Waals surface area (Å²) in [6.07, 6.45) is 3.72. The minimum absolute atomic E-state index is 0.381. The molecule has 0 spiro atoms. The van der Waals surface area contributed by atoms with E-state index in [1.807, 2.05) is 0 Å². The molecule has 1 aliphatic rings. The Bertz CT molecular complexity index is 580. The van der Waals surface area contributed by atoms with Crippen LogP contribution in [0.1, 0.15) is 33.6 Å². The van der Waals surface area contributed by atoms with E-state index in [0.717, 1.165) is 36.1 Å². The molecule has 0 aliphatic heterocycles.